The molecule has 0 amide bonds. The fraction of sp³-hybridized carbons (Fsp3) is 0.333. The molecule has 0 aromatic heterocycles. The average molecular weight is 220 g/mol. The summed E-state index contributed by atoms with van der Waals surface area (Å²) in [5, 5.41) is 9.44. The third-order valence-electron chi connectivity index (χ3n) is 1.87. The Bertz CT molecular complexity index is 355. The van der Waals surface area contributed by atoms with Gasteiger partial charge in [0.25, 0.3) is 0 Å². The Morgan fingerprint density at radius 1 is 1.64 bits per heavy atom. The molecular weight excluding hydrogens is 209 g/mol. The van der Waals surface area contributed by atoms with Gasteiger partial charge < -0.3 is 15.6 Å². The Kier molecular flexibility index (Phi) is 3.18. The van der Waals surface area contributed by atoms with E-state index in [1.54, 1.807) is 6.92 Å². The smallest absolute Gasteiger partial charge is 0.164 e. The van der Waals surface area contributed by atoms with E-state index in [9.17, 15) is 9.50 Å². The second kappa shape index (κ2) is 4.02. The lowest BCUT2D eigenvalue weighted by molar-refractivity contribution is 0.365. The summed E-state index contributed by atoms with van der Waals surface area (Å²) < 4.78 is 18.0. The Morgan fingerprint density at radius 3 is 2.64 bits per heavy atom. The number of benzene rings is 1. The van der Waals surface area contributed by atoms with Crippen LogP contribution in [0.1, 0.15) is 18.5 Å². The Labute approximate surface area is 86.2 Å². The van der Waals surface area contributed by atoms with Crippen LogP contribution in [0, 0.1) is 5.82 Å². The normalized spacial score (nSPS) is 12.6. The Morgan fingerprint density at radius 2 is 2.21 bits per heavy atom. The number of nitrogens with two attached hydrogens (primary N) is 1. The van der Waals surface area contributed by atoms with Crippen molar-refractivity contribution in [2.24, 2.45) is 5.73 Å². The van der Waals surface area contributed by atoms with Crippen molar-refractivity contribution in [3.63, 3.8) is 0 Å². The maximum Gasteiger partial charge on any atom is 0.164 e. The first-order chi connectivity index (χ1) is 6.49. The number of hydrogen-bond acceptors (Lipinski definition) is 3. The molecule has 78 valence electrons. The third kappa shape index (κ3) is 1.76. The van der Waals surface area contributed by atoms with Crippen LogP contribution < -0.4 is 10.5 Å². The number of aromatic hydroxyl groups is 1. The van der Waals surface area contributed by atoms with E-state index in [1.165, 1.54) is 7.11 Å². The number of phenols is 1. The molecule has 0 saturated carbocycles. The van der Waals surface area contributed by atoms with E-state index in [4.69, 9.17) is 22.1 Å². The van der Waals surface area contributed by atoms with E-state index in [0.29, 0.717) is 0 Å². The molecule has 0 fully saturated rings. The highest BCUT2D eigenvalue weighted by Gasteiger charge is 2.19. The van der Waals surface area contributed by atoms with Crippen molar-refractivity contribution in [2.75, 3.05) is 7.11 Å². The minimum atomic E-state index is -0.659. The number of ether oxygens (including phenoxy) is 1. The minimum Gasteiger partial charge on any atom is -0.504 e. The van der Waals surface area contributed by atoms with Crippen molar-refractivity contribution in [1.82, 2.24) is 0 Å². The number of rotatable bonds is 2. The summed E-state index contributed by atoms with van der Waals surface area (Å²) in [6.45, 7) is 1.60. The Balaban J connectivity index is 3.45. The second-order valence-electron chi connectivity index (χ2n) is 2.93. The Hall–Kier alpha value is -1.00. The molecule has 0 bridgehead atoms. The van der Waals surface area contributed by atoms with Gasteiger partial charge in [0.05, 0.1) is 12.1 Å². The topological polar surface area (TPSA) is 55.5 Å². The standard InChI is InChI=1S/C9H11ClFNO2/c1-4(12)7-8(10)5(11)3-6(14-2)9(7)13/h3-4,13H,12H2,1-2H3. The van der Waals surface area contributed by atoms with Gasteiger partial charge in [-0.3, -0.25) is 0 Å². The summed E-state index contributed by atoms with van der Waals surface area (Å²) in [6.07, 6.45) is 0. The van der Waals surface area contributed by atoms with Gasteiger partial charge in [0.15, 0.2) is 11.5 Å². The SMILES string of the molecule is COc1cc(F)c(Cl)c(C(C)N)c1O. The third-order valence-corrected chi connectivity index (χ3v) is 2.25. The number of halogens is 2. The van der Waals surface area contributed by atoms with Gasteiger partial charge in [0.2, 0.25) is 0 Å². The summed E-state index contributed by atoms with van der Waals surface area (Å²) in [7, 11) is 1.33. The molecule has 0 aliphatic rings. The summed E-state index contributed by atoms with van der Waals surface area (Å²) in [4.78, 5) is 0. The number of phenolic OH excluding ortho intramolecular Hbond substituents is 1. The summed E-state index contributed by atoms with van der Waals surface area (Å²) >= 11 is 5.65. The van der Waals surface area contributed by atoms with Crippen LogP contribution in [0.2, 0.25) is 5.02 Å². The second-order valence-corrected chi connectivity index (χ2v) is 3.30. The van der Waals surface area contributed by atoms with E-state index in [-0.39, 0.29) is 22.1 Å². The molecule has 0 aliphatic heterocycles. The van der Waals surface area contributed by atoms with E-state index in [0.717, 1.165) is 6.07 Å². The molecule has 1 aromatic carbocycles. The zero-order valence-corrected chi connectivity index (χ0v) is 8.60. The van der Waals surface area contributed by atoms with Crippen molar-refractivity contribution in [3.8, 4) is 11.5 Å². The van der Waals surface area contributed by atoms with Gasteiger partial charge >= 0.3 is 0 Å². The molecule has 0 heterocycles. The molecule has 0 aliphatic carbocycles. The van der Waals surface area contributed by atoms with Crippen LogP contribution >= 0.6 is 11.6 Å². The molecule has 14 heavy (non-hydrogen) atoms. The predicted octanol–water partition coefficient (Wildman–Crippen LogP) is 2.21. The lowest BCUT2D eigenvalue weighted by Crippen LogP contribution is -2.07. The van der Waals surface area contributed by atoms with Crippen molar-refractivity contribution in [1.29, 1.82) is 0 Å². The first-order valence-electron chi connectivity index (χ1n) is 3.99. The predicted molar refractivity (Wildman–Crippen MR) is 52.2 cm³/mol. The van der Waals surface area contributed by atoms with E-state index in [2.05, 4.69) is 0 Å². The molecule has 1 unspecified atom stereocenters. The maximum absolute atomic E-state index is 13.2. The number of hydrogen-bond donors (Lipinski definition) is 2. The van der Waals surface area contributed by atoms with Gasteiger partial charge in [0, 0.05) is 17.7 Å². The van der Waals surface area contributed by atoms with Crippen LogP contribution in [-0.4, -0.2) is 12.2 Å². The fourth-order valence-corrected chi connectivity index (χ4v) is 1.50. The van der Waals surface area contributed by atoms with Crippen molar-refractivity contribution in [3.05, 3.63) is 22.5 Å². The van der Waals surface area contributed by atoms with E-state index >= 15 is 0 Å². The first-order valence-corrected chi connectivity index (χ1v) is 4.37. The molecular formula is C9H11ClFNO2. The van der Waals surface area contributed by atoms with Crippen molar-refractivity contribution in [2.45, 2.75) is 13.0 Å². The van der Waals surface area contributed by atoms with Crippen molar-refractivity contribution < 1.29 is 14.2 Å². The zero-order valence-electron chi connectivity index (χ0n) is 7.84. The van der Waals surface area contributed by atoms with Crippen LogP contribution in [0.5, 0.6) is 11.5 Å². The largest absolute Gasteiger partial charge is 0.504 e. The molecule has 1 rings (SSSR count). The molecule has 0 saturated heterocycles. The van der Waals surface area contributed by atoms with Crippen molar-refractivity contribution >= 4 is 11.6 Å². The quantitative estimate of drug-likeness (QED) is 0.802. The monoisotopic (exact) mass is 219 g/mol. The average Bonchev–Trinajstić information content (AvgIpc) is 2.11. The van der Waals surface area contributed by atoms with E-state index < -0.39 is 11.9 Å². The van der Waals surface area contributed by atoms with Crippen LogP contribution in [0.25, 0.3) is 0 Å². The lowest BCUT2D eigenvalue weighted by Gasteiger charge is -2.14. The molecule has 0 radical (unpaired) electrons. The van der Waals surface area contributed by atoms with Gasteiger partial charge in [-0.15, -0.1) is 0 Å². The van der Waals surface area contributed by atoms with Gasteiger partial charge in [-0.25, -0.2) is 4.39 Å². The molecule has 0 spiro atoms. The lowest BCUT2D eigenvalue weighted by atomic mass is 10.1. The van der Waals surface area contributed by atoms with Crippen LogP contribution in [-0.2, 0) is 0 Å². The molecule has 3 nitrogen and oxygen atoms in total. The van der Waals surface area contributed by atoms with Gasteiger partial charge in [-0.2, -0.15) is 0 Å². The number of methoxy groups -OCH3 is 1. The van der Waals surface area contributed by atoms with E-state index in [1.807, 2.05) is 0 Å². The minimum absolute atomic E-state index is 0.0270. The maximum atomic E-state index is 13.2. The summed E-state index contributed by atoms with van der Waals surface area (Å²) in [5.74, 6) is -0.846. The van der Waals surface area contributed by atoms with Gasteiger partial charge in [0.1, 0.15) is 5.82 Å². The highest BCUT2D eigenvalue weighted by atomic mass is 35.5. The zero-order chi connectivity index (χ0) is 10.9. The molecule has 5 heteroatoms. The highest BCUT2D eigenvalue weighted by molar-refractivity contribution is 6.31. The fourth-order valence-electron chi connectivity index (χ4n) is 1.18. The first kappa shape index (κ1) is 11.1. The van der Waals surface area contributed by atoms with Gasteiger partial charge in [-0.1, -0.05) is 11.6 Å². The van der Waals surface area contributed by atoms with Crippen LogP contribution in [0.3, 0.4) is 0 Å². The van der Waals surface area contributed by atoms with Crippen LogP contribution in [0.15, 0.2) is 6.07 Å². The van der Waals surface area contributed by atoms with Crippen LogP contribution in [0.4, 0.5) is 4.39 Å². The van der Waals surface area contributed by atoms with Gasteiger partial charge in [-0.05, 0) is 6.92 Å². The summed E-state index contributed by atoms with van der Waals surface area (Å²) in [6, 6.07) is 0.455. The highest BCUT2D eigenvalue weighted by Crippen LogP contribution is 2.39. The molecule has 1 atom stereocenters. The summed E-state index contributed by atoms with van der Waals surface area (Å²) in [5.41, 5.74) is 5.70. The molecule has 1 aromatic rings. The molecule has 3 N–H and O–H groups in total.